The van der Waals surface area contributed by atoms with E-state index in [2.05, 4.69) is 55.7 Å². The van der Waals surface area contributed by atoms with E-state index in [1.165, 1.54) is 22.9 Å². The van der Waals surface area contributed by atoms with Gasteiger partial charge in [0.15, 0.2) is 0 Å². The molecule has 0 aliphatic rings. The standard InChI is InChI=1S/C14H20N2/c1-5-11(4)12-6-7-14-13(8-12)9-15-16(14)10(2)3/h6-11H,5H2,1-4H3. The molecule has 1 atom stereocenters. The van der Waals surface area contributed by atoms with Gasteiger partial charge in [-0.2, -0.15) is 5.10 Å². The summed E-state index contributed by atoms with van der Waals surface area (Å²) in [7, 11) is 0. The fourth-order valence-corrected chi connectivity index (χ4v) is 2.03. The highest BCUT2D eigenvalue weighted by atomic mass is 15.3. The maximum Gasteiger partial charge on any atom is 0.0685 e. The van der Waals surface area contributed by atoms with Crippen molar-refractivity contribution >= 4 is 10.9 Å². The second-order valence-electron chi connectivity index (χ2n) is 4.81. The van der Waals surface area contributed by atoms with Gasteiger partial charge in [0, 0.05) is 11.4 Å². The van der Waals surface area contributed by atoms with Gasteiger partial charge in [0.2, 0.25) is 0 Å². The van der Waals surface area contributed by atoms with E-state index in [0.717, 1.165) is 0 Å². The molecule has 0 N–H and O–H groups in total. The molecule has 2 rings (SSSR count). The molecular formula is C14H20N2. The molecule has 2 aromatic rings. The molecule has 0 fully saturated rings. The van der Waals surface area contributed by atoms with E-state index in [-0.39, 0.29) is 0 Å². The van der Waals surface area contributed by atoms with Gasteiger partial charge in [-0.05, 0) is 43.9 Å². The van der Waals surface area contributed by atoms with Crippen LogP contribution < -0.4 is 0 Å². The molecule has 2 heteroatoms. The van der Waals surface area contributed by atoms with Crippen LogP contribution in [0.5, 0.6) is 0 Å². The molecule has 0 aliphatic heterocycles. The van der Waals surface area contributed by atoms with Gasteiger partial charge in [0.05, 0.1) is 11.7 Å². The highest BCUT2D eigenvalue weighted by Gasteiger charge is 2.08. The van der Waals surface area contributed by atoms with Crippen molar-refractivity contribution in [2.75, 3.05) is 0 Å². The zero-order chi connectivity index (χ0) is 11.7. The molecule has 2 nitrogen and oxygen atoms in total. The Morgan fingerprint density at radius 3 is 2.62 bits per heavy atom. The molecule has 0 bridgehead atoms. The summed E-state index contributed by atoms with van der Waals surface area (Å²) in [4.78, 5) is 0. The lowest BCUT2D eigenvalue weighted by Gasteiger charge is -2.10. The van der Waals surface area contributed by atoms with E-state index in [4.69, 9.17) is 0 Å². The zero-order valence-corrected chi connectivity index (χ0v) is 10.6. The van der Waals surface area contributed by atoms with Gasteiger partial charge in [-0.3, -0.25) is 4.68 Å². The predicted octanol–water partition coefficient (Wildman–Crippen LogP) is 4.13. The average Bonchev–Trinajstić information content (AvgIpc) is 2.70. The minimum absolute atomic E-state index is 0.423. The van der Waals surface area contributed by atoms with Crippen LogP contribution in [0.2, 0.25) is 0 Å². The minimum atomic E-state index is 0.423. The Labute approximate surface area is 97.3 Å². The first-order chi connectivity index (χ1) is 7.63. The Bertz CT molecular complexity index is 482. The Morgan fingerprint density at radius 1 is 1.25 bits per heavy atom. The van der Waals surface area contributed by atoms with Crippen LogP contribution in [0.25, 0.3) is 10.9 Å². The fraction of sp³-hybridized carbons (Fsp3) is 0.500. The van der Waals surface area contributed by atoms with Crippen molar-refractivity contribution in [1.82, 2.24) is 9.78 Å². The van der Waals surface area contributed by atoms with Gasteiger partial charge in [0.1, 0.15) is 0 Å². The van der Waals surface area contributed by atoms with E-state index >= 15 is 0 Å². The summed E-state index contributed by atoms with van der Waals surface area (Å²) in [5.41, 5.74) is 2.65. The zero-order valence-electron chi connectivity index (χ0n) is 10.6. The summed E-state index contributed by atoms with van der Waals surface area (Å²) in [5.74, 6) is 0.631. The topological polar surface area (TPSA) is 17.8 Å². The molecule has 0 radical (unpaired) electrons. The molecule has 16 heavy (non-hydrogen) atoms. The van der Waals surface area contributed by atoms with Crippen LogP contribution in [-0.2, 0) is 0 Å². The summed E-state index contributed by atoms with van der Waals surface area (Å²) >= 11 is 0. The third-order valence-electron chi connectivity index (χ3n) is 3.29. The third kappa shape index (κ3) is 1.84. The highest BCUT2D eigenvalue weighted by Crippen LogP contribution is 2.24. The second-order valence-corrected chi connectivity index (χ2v) is 4.81. The molecule has 1 aromatic carbocycles. The molecule has 0 aliphatic carbocycles. The largest absolute Gasteiger partial charge is 0.262 e. The Morgan fingerprint density at radius 2 is 2.00 bits per heavy atom. The van der Waals surface area contributed by atoms with Crippen molar-refractivity contribution in [2.45, 2.75) is 46.1 Å². The van der Waals surface area contributed by atoms with Crippen molar-refractivity contribution in [2.24, 2.45) is 0 Å². The van der Waals surface area contributed by atoms with Gasteiger partial charge in [-0.15, -0.1) is 0 Å². The van der Waals surface area contributed by atoms with Crippen LogP contribution in [0.15, 0.2) is 24.4 Å². The summed E-state index contributed by atoms with van der Waals surface area (Å²) in [5, 5.41) is 5.69. The molecule has 86 valence electrons. The lowest BCUT2D eigenvalue weighted by atomic mass is 9.98. The quantitative estimate of drug-likeness (QED) is 0.754. The second kappa shape index (κ2) is 4.28. The number of aromatic nitrogens is 2. The number of fused-ring (bicyclic) bond motifs is 1. The Kier molecular flexibility index (Phi) is 2.99. The number of nitrogens with zero attached hydrogens (tertiary/aromatic N) is 2. The van der Waals surface area contributed by atoms with Crippen LogP contribution in [0.1, 0.15) is 51.6 Å². The molecule has 1 aromatic heterocycles. The van der Waals surface area contributed by atoms with Crippen molar-refractivity contribution in [1.29, 1.82) is 0 Å². The molecule has 1 heterocycles. The number of benzene rings is 1. The van der Waals surface area contributed by atoms with E-state index in [0.29, 0.717) is 12.0 Å². The monoisotopic (exact) mass is 216 g/mol. The summed E-state index contributed by atoms with van der Waals surface area (Å²) < 4.78 is 2.08. The van der Waals surface area contributed by atoms with Gasteiger partial charge in [0.25, 0.3) is 0 Å². The molecule has 0 amide bonds. The van der Waals surface area contributed by atoms with Crippen molar-refractivity contribution < 1.29 is 0 Å². The van der Waals surface area contributed by atoms with Crippen LogP contribution in [0, 0.1) is 0 Å². The normalized spacial score (nSPS) is 13.6. The van der Waals surface area contributed by atoms with Gasteiger partial charge >= 0.3 is 0 Å². The van der Waals surface area contributed by atoms with E-state index in [1.54, 1.807) is 0 Å². The van der Waals surface area contributed by atoms with Crippen molar-refractivity contribution in [3.8, 4) is 0 Å². The fourth-order valence-electron chi connectivity index (χ4n) is 2.03. The van der Waals surface area contributed by atoms with Crippen LogP contribution in [-0.4, -0.2) is 9.78 Å². The summed E-state index contributed by atoms with van der Waals surface area (Å²) in [6.07, 6.45) is 3.16. The van der Waals surface area contributed by atoms with E-state index < -0.39 is 0 Å². The Hall–Kier alpha value is -1.31. The lowest BCUT2D eigenvalue weighted by molar-refractivity contribution is 0.551. The maximum atomic E-state index is 4.44. The maximum absolute atomic E-state index is 4.44. The van der Waals surface area contributed by atoms with Gasteiger partial charge in [-0.25, -0.2) is 0 Å². The predicted molar refractivity (Wildman–Crippen MR) is 68.8 cm³/mol. The highest BCUT2D eigenvalue weighted by molar-refractivity contribution is 5.79. The third-order valence-corrected chi connectivity index (χ3v) is 3.29. The number of rotatable bonds is 3. The molecule has 0 saturated heterocycles. The van der Waals surface area contributed by atoms with Crippen LogP contribution in [0.3, 0.4) is 0 Å². The van der Waals surface area contributed by atoms with Gasteiger partial charge in [-0.1, -0.05) is 19.9 Å². The smallest absolute Gasteiger partial charge is 0.0685 e. The minimum Gasteiger partial charge on any atom is -0.262 e. The van der Waals surface area contributed by atoms with Crippen LogP contribution >= 0.6 is 0 Å². The molecule has 0 spiro atoms. The first kappa shape index (κ1) is 11.2. The van der Waals surface area contributed by atoms with E-state index in [9.17, 15) is 0 Å². The number of hydrogen-bond donors (Lipinski definition) is 0. The van der Waals surface area contributed by atoms with Crippen LogP contribution in [0.4, 0.5) is 0 Å². The van der Waals surface area contributed by atoms with Gasteiger partial charge < -0.3 is 0 Å². The lowest BCUT2D eigenvalue weighted by Crippen LogP contribution is -2.01. The van der Waals surface area contributed by atoms with Crippen molar-refractivity contribution in [3.05, 3.63) is 30.0 Å². The van der Waals surface area contributed by atoms with E-state index in [1.807, 2.05) is 6.20 Å². The summed E-state index contributed by atoms with van der Waals surface area (Å²) in [6.45, 7) is 8.82. The molecule has 1 unspecified atom stereocenters. The molecular weight excluding hydrogens is 196 g/mol. The Balaban J connectivity index is 2.49. The summed E-state index contributed by atoms with van der Waals surface area (Å²) in [6, 6.07) is 7.13. The first-order valence-electron chi connectivity index (χ1n) is 6.10. The average molecular weight is 216 g/mol. The first-order valence-corrected chi connectivity index (χ1v) is 6.10. The van der Waals surface area contributed by atoms with Crippen molar-refractivity contribution in [3.63, 3.8) is 0 Å². The SMILES string of the molecule is CCC(C)c1ccc2c(cnn2C(C)C)c1. The number of hydrogen-bond acceptors (Lipinski definition) is 1. The molecule has 0 saturated carbocycles.